The molecule has 1 amide bonds. The number of rotatable bonds is 8. The molecule has 1 heterocycles. The zero-order chi connectivity index (χ0) is 23.4. The Morgan fingerprint density at radius 3 is 2.38 bits per heavy atom. The van der Waals surface area contributed by atoms with Gasteiger partial charge in [-0.25, -0.2) is 4.39 Å². The molecule has 1 fully saturated rings. The Morgan fingerprint density at radius 1 is 1.09 bits per heavy atom. The normalized spacial score (nSPS) is 17.8. The summed E-state index contributed by atoms with van der Waals surface area (Å²) in [4.78, 5) is 29.4. The van der Waals surface area contributed by atoms with E-state index in [0.717, 1.165) is 12.6 Å². The highest BCUT2D eigenvalue weighted by atomic mass is 19.1. The number of Topliss-reactive ketones (excluding diaryl/α,β-unsaturated/α-hetero) is 1. The molecule has 7 nitrogen and oxygen atoms in total. The fourth-order valence-electron chi connectivity index (χ4n) is 3.81. The fourth-order valence-corrected chi connectivity index (χ4v) is 3.81. The summed E-state index contributed by atoms with van der Waals surface area (Å²) in [6, 6.07) is 9.73. The first-order chi connectivity index (χ1) is 15.3. The average molecular weight is 442 g/mol. The van der Waals surface area contributed by atoms with Crippen LogP contribution in [0.1, 0.15) is 23.6 Å². The summed E-state index contributed by atoms with van der Waals surface area (Å²) in [5.74, 6) is -1.80. The number of hydrogen-bond acceptors (Lipinski definition) is 6. The number of benzene rings is 2. The first-order valence-electron chi connectivity index (χ1n) is 10.2. The molecule has 0 aromatic heterocycles. The Kier molecular flexibility index (Phi) is 7.15. The van der Waals surface area contributed by atoms with Crippen molar-refractivity contribution in [2.75, 3.05) is 41.4 Å². The molecular formula is C24H27FN2O5. The van der Waals surface area contributed by atoms with Crippen molar-refractivity contribution < 1.29 is 28.6 Å². The standard InChI is InChI=1S/C24H27FN2O5/c1-26(2)12-5-13-27-21(15-6-9-17(31-3)10-7-15)20(23(29)24(27)30)22(28)18-14-16(25)8-11-19(18)32-4/h6-11,14,21,28H,5,12-13H2,1-4H3/b22-20+/t21-/m1/s1. The molecule has 1 aliphatic rings. The molecule has 32 heavy (non-hydrogen) atoms. The average Bonchev–Trinajstić information content (AvgIpc) is 3.03. The minimum Gasteiger partial charge on any atom is -0.507 e. The summed E-state index contributed by atoms with van der Waals surface area (Å²) in [5, 5.41) is 11.1. The number of halogens is 1. The van der Waals surface area contributed by atoms with E-state index in [-0.39, 0.29) is 16.9 Å². The van der Waals surface area contributed by atoms with Crippen LogP contribution in [-0.4, -0.2) is 68.0 Å². The molecular weight excluding hydrogens is 415 g/mol. The largest absolute Gasteiger partial charge is 0.507 e. The molecule has 0 spiro atoms. The second-order valence-electron chi connectivity index (χ2n) is 7.77. The maximum atomic E-state index is 14.0. The second kappa shape index (κ2) is 9.82. The smallest absolute Gasteiger partial charge is 0.295 e. The van der Waals surface area contributed by atoms with Gasteiger partial charge in [0.25, 0.3) is 11.7 Å². The van der Waals surface area contributed by atoms with Gasteiger partial charge in [-0.05, 0) is 63.0 Å². The van der Waals surface area contributed by atoms with Crippen molar-refractivity contribution in [1.29, 1.82) is 0 Å². The van der Waals surface area contributed by atoms with Crippen molar-refractivity contribution in [2.24, 2.45) is 0 Å². The lowest BCUT2D eigenvalue weighted by molar-refractivity contribution is -0.139. The SMILES string of the molecule is COc1ccc([C@@H]2/C(=C(\O)c3cc(F)ccc3OC)C(=O)C(=O)N2CCCN(C)C)cc1. The number of amides is 1. The lowest BCUT2D eigenvalue weighted by Gasteiger charge is -2.26. The fraction of sp³-hybridized carbons (Fsp3) is 0.333. The maximum absolute atomic E-state index is 14.0. The van der Waals surface area contributed by atoms with Gasteiger partial charge in [0.15, 0.2) is 0 Å². The number of aliphatic hydroxyl groups is 1. The van der Waals surface area contributed by atoms with Gasteiger partial charge >= 0.3 is 0 Å². The molecule has 170 valence electrons. The van der Waals surface area contributed by atoms with Crippen molar-refractivity contribution in [3.05, 3.63) is 65.0 Å². The van der Waals surface area contributed by atoms with Gasteiger partial charge in [-0.2, -0.15) is 0 Å². The molecule has 8 heteroatoms. The Labute approximate surface area is 186 Å². The number of ketones is 1. The molecule has 3 rings (SSSR count). The van der Waals surface area contributed by atoms with E-state index in [0.29, 0.717) is 24.3 Å². The van der Waals surface area contributed by atoms with Crippen LogP contribution in [0.5, 0.6) is 11.5 Å². The Balaban J connectivity index is 2.15. The predicted molar refractivity (Wildman–Crippen MR) is 118 cm³/mol. The zero-order valence-corrected chi connectivity index (χ0v) is 18.6. The highest BCUT2D eigenvalue weighted by molar-refractivity contribution is 6.46. The lowest BCUT2D eigenvalue weighted by Crippen LogP contribution is -2.32. The van der Waals surface area contributed by atoms with Crippen molar-refractivity contribution in [1.82, 2.24) is 9.80 Å². The first kappa shape index (κ1) is 23.3. The van der Waals surface area contributed by atoms with Crippen LogP contribution < -0.4 is 9.47 Å². The molecule has 1 atom stereocenters. The summed E-state index contributed by atoms with van der Waals surface area (Å²) in [6.45, 7) is 1.03. The summed E-state index contributed by atoms with van der Waals surface area (Å²) in [6.07, 6.45) is 0.635. The van der Waals surface area contributed by atoms with Crippen molar-refractivity contribution >= 4 is 17.4 Å². The van der Waals surface area contributed by atoms with Crippen LogP contribution in [0.15, 0.2) is 48.0 Å². The molecule has 1 N–H and O–H groups in total. The Bertz CT molecular complexity index is 1030. The van der Waals surface area contributed by atoms with E-state index in [4.69, 9.17) is 9.47 Å². The van der Waals surface area contributed by atoms with E-state index in [9.17, 15) is 19.1 Å². The molecule has 0 radical (unpaired) electrons. The quantitative estimate of drug-likeness (QED) is 0.384. The van der Waals surface area contributed by atoms with Crippen LogP contribution >= 0.6 is 0 Å². The van der Waals surface area contributed by atoms with E-state index in [1.54, 1.807) is 31.4 Å². The number of aliphatic hydroxyl groups excluding tert-OH is 1. The van der Waals surface area contributed by atoms with Crippen LogP contribution in [0.3, 0.4) is 0 Å². The summed E-state index contributed by atoms with van der Waals surface area (Å²) in [7, 11) is 6.76. The van der Waals surface area contributed by atoms with Gasteiger partial charge in [0.2, 0.25) is 0 Å². The van der Waals surface area contributed by atoms with Gasteiger partial charge < -0.3 is 24.4 Å². The van der Waals surface area contributed by atoms with E-state index < -0.39 is 29.3 Å². The minimum atomic E-state index is -0.823. The van der Waals surface area contributed by atoms with Crippen LogP contribution in [-0.2, 0) is 9.59 Å². The second-order valence-corrected chi connectivity index (χ2v) is 7.77. The number of ether oxygens (including phenoxy) is 2. The van der Waals surface area contributed by atoms with Gasteiger partial charge in [-0.3, -0.25) is 9.59 Å². The number of likely N-dealkylation sites (tertiary alicyclic amines) is 1. The molecule has 2 aromatic rings. The molecule has 0 aliphatic carbocycles. The number of carbonyl (C=O) groups is 2. The van der Waals surface area contributed by atoms with Crippen molar-refractivity contribution in [3.8, 4) is 11.5 Å². The number of hydrogen-bond donors (Lipinski definition) is 1. The van der Waals surface area contributed by atoms with E-state index >= 15 is 0 Å². The highest BCUT2D eigenvalue weighted by Gasteiger charge is 2.46. The van der Waals surface area contributed by atoms with Crippen LogP contribution in [0.4, 0.5) is 4.39 Å². The molecule has 0 saturated carbocycles. The van der Waals surface area contributed by atoms with Crippen LogP contribution in [0, 0.1) is 5.82 Å². The van der Waals surface area contributed by atoms with E-state index in [1.807, 2.05) is 19.0 Å². The van der Waals surface area contributed by atoms with Crippen LogP contribution in [0.2, 0.25) is 0 Å². The van der Waals surface area contributed by atoms with Crippen molar-refractivity contribution in [3.63, 3.8) is 0 Å². The Morgan fingerprint density at radius 2 is 1.78 bits per heavy atom. The number of carbonyl (C=O) groups excluding carboxylic acids is 2. The minimum absolute atomic E-state index is 0.0114. The number of nitrogens with zero attached hydrogens (tertiary/aromatic N) is 2. The first-order valence-corrected chi connectivity index (χ1v) is 10.2. The third-order valence-electron chi connectivity index (χ3n) is 5.39. The third kappa shape index (κ3) is 4.60. The molecule has 1 aliphatic heterocycles. The molecule has 0 bridgehead atoms. The summed E-state index contributed by atoms with van der Waals surface area (Å²) in [5.41, 5.74) is 0.540. The zero-order valence-electron chi connectivity index (χ0n) is 18.6. The van der Waals surface area contributed by atoms with E-state index in [2.05, 4.69) is 0 Å². The topological polar surface area (TPSA) is 79.3 Å². The monoisotopic (exact) mass is 442 g/mol. The highest BCUT2D eigenvalue weighted by Crippen LogP contribution is 2.41. The summed E-state index contributed by atoms with van der Waals surface area (Å²) >= 11 is 0. The summed E-state index contributed by atoms with van der Waals surface area (Å²) < 4.78 is 24.4. The van der Waals surface area contributed by atoms with Gasteiger partial charge in [-0.1, -0.05) is 12.1 Å². The maximum Gasteiger partial charge on any atom is 0.295 e. The van der Waals surface area contributed by atoms with Gasteiger partial charge in [0, 0.05) is 6.54 Å². The van der Waals surface area contributed by atoms with Crippen LogP contribution in [0.25, 0.3) is 5.76 Å². The molecule has 2 aromatic carbocycles. The molecule has 0 unspecified atom stereocenters. The number of methoxy groups -OCH3 is 2. The van der Waals surface area contributed by atoms with Gasteiger partial charge in [0.05, 0.1) is 31.4 Å². The lowest BCUT2D eigenvalue weighted by atomic mass is 9.95. The Hall–Kier alpha value is -3.39. The predicted octanol–water partition coefficient (Wildman–Crippen LogP) is 3.22. The van der Waals surface area contributed by atoms with E-state index in [1.165, 1.54) is 24.1 Å². The molecule has 1 saturated heterocycles. The van der Waals surface area contributed by atoms with Gasteiger partial charge in [-0.15, -0.1) is 0 Å². The third-order valence-corrected chi connectivity index (χ3v) is 5.39. The van der Waals surface area contributed by atoms with Gasteiger partial charge in [0.1, 0.15) is 23.1 Å². The van der Waals surface area contributed by atoms with Crippen molar-refractivity contribution in [2.45, 2.75) is 12.5 Å².